The summed E-state index contributed by atoms with van der Waals surface area (Å²) >= 11 is 0. The van der Waals surface area contributed by atoms with E-state index in [1.807, 2.05) is 0 Å². The normalized spacial score (nSPS) is 28.3. The minimum absolute atomic E-state index is 0.243. The van der Waals surface area contributed by atoms with Crippen LogP contribution in [0, 0.1) is 5.92 Å². The van der Waals surface area contributed by atoms with Crippen molar-refractivity contribution in [3.63, 3.8) is 0 Å². The highest BCUT2D eigenvalue weighted by Crippen LogP contribution is 2.44. The van der Waals surface area contributed by atoms with Crippen LogP contribution in [0.1, 0.15) is 64.2 Å². The van der Waals surface area contributed by atoms with E-state index < -0.39 is 0 Å². The predicted octanol–water partition coefficient (Wildman–Crippen LogP) is 3.26. The molecule has 0 aromatic carbocycles. The molecule has 0 radical (unpaired) electrons. The van der Waals surface area contributed by atoms with Crippen molar-refractivity contribution in [3.05, 3.63) is 0 Å². The van der Waals surface area contributed by atoms with E-state index in [-0.39, 0.29) is 5.54 Å². The van der Waals surface area contributed by atoms with Gasteiger partial charge in [-0.3, -0.25) is 4.99 Å². The van der Waals surface area contributed by atoms with Crippen LogP contribution in [0.5, 0.6) is 0 Å². The van der Waals surface area contributed by atoms with Crippen molar-refractivity contribution in [3.8, 4) is 0 Å². The third-order valence-corrected chi connectivity index (χ3v) is 4.42. The van der Waals surface area contributed by atoms with Crippen LogP contribution in [0.3, 0.4) is 0 Å². The number of aliphatic imine (C=N–C) groups is 1. The molecule has 0 spiro atoms. The zero-order chi connectivity index (χ0) is 10.6. The molecule has 2 heteroatoms. The van der Waals surface area contributed by atoms with Crippen molar-refractivity contribution in [1.82, 2.24) is 0 Å². The summed E-state index contributed by atoms with van der Waals surface area (Å²) in [7, 11) is 0. The average molecular weight is 208 g/mol. The van der Waals surface area contributed by atoms with Gasteiger partial charge in [0.15, 0.2) is 0 Å². The van der Waals surface area contributed by atoms with Gasteiger partial charge in [0.1, 0.15) is 0 Å². The second kappa shape index (κ2) is 5.00. The minimum Gasteiger partial charge on any atom is -0.390 e. The van der Waals surface area contributed by atoms with Crippen molar-refractivity contribution in [2.75, 3.05) is 0 Å². The summed E-state index contributed by atoms with van der Waals surface area (Å²) in [5.41, 5.74) is 5.80. The molecule has 0 bridgehead atoms. The number of hydrogen-bond donors (Lipinski definition) is 1. The Morgan fingerprint density at radius 2 is 1.53 bits per heavy atom. The third-order valence-electron chi connectivity index (χ3n) is 4.42. The van der Waals surface area contributed by atoms with Crippen LogP contribution in [0.25, 0.3) is 0 Å². The summed E-state index contributed by atoms with van der Waals surface area (Å²) in [6, 6.07) is 0. The zero-order valence-electron chi connectivity index (χ0n) is 9.75. The van der Waals surface area contributed by atoms with Gasteiger partial charge in [0.05, 0.1) is 11.9 Å². The molecule has 0 saturated heterocycles. The summed E-state index contributed by atoms with van der Waals surface area (Å²) in [5, 5.41) is 0. The molecule has 2 saturated carbocycles. The maximum atomic E-state index is 5.56. The summed E-state index contributed by atoms with van der Waals surface area (Å²) in [6.45, 7) is 0. The zero-order valence-corrected chi connectivity index (χ0v) is 9.75. The second-order valence-electron chi connectivity index (χ2n) is 5.28. The lowest BCUT2D eigenvalue weighted by Crippen LogP contribution is -2.39. The Hall–Kier alpha value is -0.530. The van der Waals surface area contributed by atoms with Crippen LogP contribution in [0.2, 0.25) is 0 Å². The molecule has 2 nitrogen and oxygen atoms in total. The number of nitrogens with zero attached hydrogens (tertiary/aromatic N) is 1. The quantitative estimate of drug-likeness (QED) is 0.549. The van der Waals surface area contributed by atoms with E-state index in [0.29, 0.717) is 0 Å². The van der Waals surface area contributed by atoms with E-state index in [0.717, 1.165) is 5.92 Å². The average Bonchev–Trinajstić information content (AvgIpc) is 2.32. The van der Waals surface area contributed by atoms with Gasteiger partial charge >= 0.3 is 0 Å². The highest BCUT2D eigenvalue weighted by molar-refractivity contribution is 5.52. The highest BCUT2D eigenvalue weighted by Gasteiger charge is 2.39. The topological polar surface area (TPSA) is 38.4 Å². The summed E-state index contributed by atoms with van der Waals surface area (Å²) in [4.78, 5) is 4.69. The molecule has 0 aromatic heterocycles. The first-order valence-electron chi connectivity index (χ1n) is 6.63. The lowest BCUT2D eigenvalue weighted by molar-refractivity contribution is 0.157. The maximum Gasteiger partial charge on any atom is 0.0804 e. The van der Waals surface area contributed by atoms with E-state index in [1.165, 1.54) is 64.2 Å². The van der Waals surface area contributed by atoms with Crippen molar-refractivity contribution >= 4 is 6.34 Å². The van der Waals surface area contributed by atoms with Crippen molar-refractivity contribution in [2.45, 2.75) is 69.7 Å². The second-order valence-corrected chi connectivity index (χ2v) is 5.28. The molecular weight excluding hydrogens is 184 g/mol. The van der Waals surface area contributed by atoms with Gasteiger partial charge in [0.25, 0.3) is 0 Å². The van der Waals surface area contributed by atoms with Crippen LogP contribution < -0.4 is 5.73 Å². The molecule has 0 atom stereocenters. The molecule has 2 aliphatic carbocycles. The van der Waals surface area contributed by atoms with Crippen molar-refractivity contribution < 1.29 is 0 Å². The maximum absolute atomic E-state index is 5.56. The summed E-state index contributed by atoms with van der Waals surface area (Å²) in [5.74, 6) is 0.825. The molecule has 0 heterocycles. The van der Waals surface area contributed by atoms with Crippen LogP contribution in [-0.2, 0) is 0 Å². The summed E-state index contributed by atoms with van der Waals surface area (Å²) < 4.78 is 0. The molecule has 2 N–H and O–H groups in total. The first kappa shape index (κ1) is 11.0. The minimum atomic E-state index is 0.243. The Balaban J connectivity index is 2.08. The lowest BCUT2D eigenvalue weighted by atomic mass is 9.68. The van der Waals surface area contributed by atoms with Crippen LogP contribution in [0.15, 0.2) is 4.99 Å². The van der Waals surface area contributed by atoms with Gasteiger partial charge in [-0.05, 0) is 31.6 Å². The van der Waals surface area contributed by atoms with Gasteiger partial charge in [-0.15, -0.1) is 0 Å². The van der Waals surface area contributed by atoms with Crippen molar-refractivity contribution in [1.29, 1.82) is 0 Å². The van der Waals surface area contributed by atoms with Crippen LogP contribution in [-0.4, -0.2) is 11.9 Å². The van der Waals surface area contributed by atoms with Gasteiger partial charge < -0.3 is 5.73 Å². The molecule has 15 heavy (non-hydrogen) atoms. The largest absolute Gasteiger partial charge is 0.390 e. The fraction of sp³-hybridized carbons (Fsp3) is 0.923. The predicted molar refractivity (Wildman–Crippen MR) is 65.1 cm³/mol. The summed E-state index contributed by atoms with van der Waals surface area (Å²) in [6.07, 6.45) is 15.3. The molecule has 2 rings (SSSR count). The third kappa shape index (κ3) is 2.35. The monoisotopic (exact) mass is 208 g/mol. The van der Waals surface area contributed by atoms with Gasteiger partial charge in [0.2, 0.25) is 0 Å². The van der Waals surface area contributed by atoms with Gasteiger partial charge in [-0.25, -0.2) is 0 Å². The Bertz CT molecular complexity index is 211. The Kier molecular flexibility index (Phi) is 3.66. The van der Waals surface area contributed by atoms with E-state index in [2.05, 4.69) is 0 Å². The smallest absolute Gasteiger partial charge is 0.0804 e. The number of rotatable bonds is 2. The number of hydrogen-bond acceptors (Lipinski definition) is 1. The van der Waals surface area contributed by atoms with Gasteiger partial charge in [-0.2, -0.15) is 0 Å². The molecule has 0 aromatic rings. The first-order chi connectivity index (χ1) is 7.37. The SMILES string of the molecule is NC=NC1(C2CCCCC2)CCCCC1. The van der Waals surface area contributed by atoms with Gasteiger partial charge in [-0.1, -0.05) is 38.5 Å². The molecule has 2 aliphatic rings. The fourth-order valence-electron chi connectivity index (χ4n) is 3.60. The van der Waals surface area contributed by atoms with E-state index in [1.54, 1.807) is 6.34 Å². The van der Waals surface area contributed by atoms with Crippen LogP contribution in [0.4, 0.5) is 0 Å². The molecular formula is C13H24N2. The Morgan fingerprint density at radius 3 is 2.13 bits per heavy atom. The first-order valence-corrected chi connectivity index (χ1v) is 6.63. The van der Waals surface area contributed by atoms with Crippen molar-refractivity contribution in [2.24, 2.45) is 16.6 Å². The Labute approximate surface area is 93.3 Å². The van der Waals surface area contributed by atoms with E-state index in [9.17, 15) is 0 Å². The molecule has 86 valence electrons. The molecule has 0 unspecified atom stereocenters. The van der Waals surface area contributed by atoms with E-state index >= 15 is 0 Å². The highest BCUT2D eigenvalue weighted by atomic mass is 14.9. The standard InChI is InChI=1S/C13H24N2/c14-11-15-13(9-5-2-6-10-13)12-7-3-1-4-8-12/h11-12H,1-10H2,(H2,14,15). The molecule has 0 amide bonds. The van der Waals surface area contributed by atoms with E-state index in [4.69, 9.17) is 10.7 Å². The van der Waals surface area contributed by atoms with Crippen LogP contribution >= 0.6 is 0 Å². The molecule has 0 aliphatic heterocycles. The number of nitrogens with two attached hydrogens (primary N) is 1. The van der Waals surface area contributed by atoms with Gasteiger partial charge in [0, 0.05) is 0 Å². The Morgan fingerprint density at radius 1 is 0.933 bits per heavy atom. The molecule has 2 fully saturated rings. The lowest BCUT2D eigenvalue weighted by Gasteiger charge is -2.42. The fourth-order valence-corrected chi connectivity index (χ4v) is 3.60.